The highest BCUT2D eigenvalue weighted by atomic mass is 16.3. The van der Waals surface area contributed by atoms with Gasteiger partial charge in [0, 0.05) is 6.42 Å². The van der Waals surface area contributed by atoms with Crippen molar-refractivity contribution in [3.63, 3.8) is 0 Å². The van der Waals surface area contributed by atoms with Gasteiger partial charge in [-0.15, -0.1) is 0 Å². The molecule has 0 aromatic rings. The predicted molar refractivity (Wildman–Crippen MR) is 290 cm³/mol. The molecule has 4 nitrogen and oxygen atoms in total. The van der Waals surface area contributed by atoms with E-state index in [9.17, 15) is 15.0 Å². The fourth-order valence-electron chi connectivity index (χ4n) is 9.33. The third-order valence-corrected chi connectivity index (χ3v) is 13.9. The Morgan fingerprint density at radius 1 is 0.369 bits per heavy atom. The minimum absolute atomic E-state index is 0.0584. The SMILES string of the molecule is CCCCCCC/C=C\C/C=C\CCCCCCCCCCCCCCCCCCCC(=O)NC(CO)C(O)/C=C/CCCCCCCCCCCCCCCCCCCCCCCC. The number of allylic oxidation sites excluding steroid dienone is 5. The van der Waals surface area contributed by atoms with E-state index in [1.54, 1.807) is 6.08 Å². The standard InChI is InChI=1S/C61H117NO3/c1-3-5-7-9-11-13-15-17-19-21-23-25-27-29-30-31-32-33-35-37-39-41-43-45-47-49-51-53-55-57-61(65)62-59(58-63)60(64)56-54-52-50-48-46-44-42-40-38-36-34-28-26-24-22-20-18-16-14-12-10-8-6-4-2/h15,17,21,23,54,56,59-60,63-64H,3-14,16,18-20,22,24-53,55,57-58H2,1-2H3,(H,62,65)/b17-15-,23-21-,56-54+. The lowest BCUT2D eigenvalue weighted by Gasteiger charge is -2.20. The number of aliphatic hydroxyl groups is 2. The molecule has 0 rings (SSSR count). The van der Waals surface area contributed by atoms with Crippen LogP contribution in [0.25, 0.3) is 0 Å². The maximum absolute atomic E-state index is 12.5. The molecule has 0 aromatic heterocycles. The third-order valence-electron chi connectivity index (χ3n) is 13.9. The van der Waals surface area contributed by atoms with E-state index >= 15 is 0 Å². The van der Waals surface area contributed by atoms with Gasteiger partial charge in [0.05, 0.1) is 18.8 Å². The molecule has 1 amide bonds. The van der Waals surface area contributed by atoms with Crippen molar-refractivity contribution in [1.82, 2.24) is 5.32 Å². The van der Waals surface area contributed by atoms with Gasteiger partial charge in [-0.05, 0) is 51.4 Å². The first-order chi connectivity index (χ1) is 32.2. The van der Waals surface area contributed by atoms with E-state index in [0.717, 1.165) is 32.1 Å². The Labute approximate surface area is 408 Å². The first kappa shape index (κ1) is 63.6. The Morgan fingerprint density at radius 3 is 0.923 bits per heavy atom. The zero-order valence-electron chi connectivity index (χ0n) is 44.3. The number of carbonyl (C=O) groups is 1. The van der Waals surface area contributed by atoms with Crippen LogP contribution in [0.4, 0.5) is 0 Å². The summed E-state index contributed by atoms with van der Waals surface area (Å²) in [6.45, 7) is 4.33. The van der Waals surface area contributed by atoms with Gasteiger partial charge < -0.3 is 15.5 Å². The summed E-state index contributed by atoms with van der Waals surface area (Å²) >= 11 is 0. The lowest BCUT2D eigenvalue weighted by molar-refractivity contribution is -0.123. The van der Waals surface area contributed by atoms with E-state index in [1.165, 1.54) is 276 Å². The summed E-state index contributed by atoms with van der Waals surface area (Å²) < 4.78 is 0. The number of carbonyl (C=O) groups excluding carboxylic acids is 1. The lowest BCUT2D eigenvalue weighted by atomic mass is 10.0. The van der Waals surface area contributed by atoms with Crippen molar-refractivity contribution in [1.29, 1.82) is 0 Å². The molecule has 0 aliphatic carbocycles. The molecule has 2 unspecified atom stereocenters. The van der Waals surface area contributed by atoms with Crippen molar-refractivity contribution in [3.05, 3.63) is 36.5 Å². The second-order valence-corrected chi connectivity index (χ2v) is 20.4. The molecule has 65 heavy (non-hydrogen) atoms. The number of hydrogen-bond acceptors (Lipinski definition) is 3. The Morgan fingerprint density at radius 2 is 0.631 bits per heavy atom. The van der Waals surface area contributed by atoms with E-state index in [2.05, 4.69) is 43.5 Å². The summed E-state index contributed by atoms with van der Waals surface area (Å²) in [5.41, 5.74) is 0. The van der Waals surface area contributed by atoms with Crippen LogP contribution in [0.2, 0.25) is 0 Å². The highest BCUT2D eigenvalue weighted by molar-refractivity contribution is 5.76. The topological polar surface area (TPSA) is 69.6 Å². The fourth-order valence-corrected chi connectivity index (χ4v) is 9.33. The van der Waals surface area contributed by atoms with E-state index in [4.69, 9.17) is 0 Å². The van der Waals surface area contributed by atoms with Gasteiger partial charge in [0.1, 0.15) is 0 Å². The first-order valence-corrected chi connectivity index (χ1v) is 29.7. The maximum atomic E-state index is 12.5. The largest absolute Gasteiger partial charge is 0.394 e. The Kier molecular flexibility index (Phi) is 55.7. The summed E-state index contributed by atoms with van der Waals surface area (Å²) in [4.78, 5) is 12.5. The van der Waals surface area contributed by atoms with Gasteiger partial charge in [0.2, 0.25) is 5.91 Å². The minimum atomic E-state index is -0.839. The van der Waals surface area contributed by atoms with Crippen LogP contribution in [0.1, 0.15) is 328 Å². The van der Waals surface area contributed by atoms with E-state index in [1.807, 2.05) is 6.08 Å². The van der Waals surface area contributed by atoms with Crippen molar-refractivity contribution < 1.29 is 15.0 Å². The van der Waals surface area contributed by atoms with Crippen molar-refractivity contribution in [2.45, 2.75) is 341 Å². The Balaban J connectivity index is 3.46. The predicted octanol–water partition coefficient (Wildman–Crippen LogP) is 19.6. The molecule has 4 heteroatoms. The van der Waals surface area contributed by atoms with Gasteiger partial charge in [0.15, 0.2) is 0 Å². The molecule has 0 bridgehead atoms. The molecule has 384 valence electrons. The number of aliphatic hydroxyl groups excluding tert-OH is 2. The molecule has 0 radical (unpaired) electrons. The fraction of sp³-hybridized carbons (Fsp3) is 0.885. The summed E-state index contributed by atoms with van der Waals surface area (Å²) in [6, 6.07) is -0.622. The second-order valence-electron chi connectivity index (χ2n) is 20.4. The summed E-state index contributed by atoms with van der Waals surface area (Å²) in [6.07, 6.45) is 77.5. The van der Waals surface area contributed by atoms with Crippen LogP contribution in [0.15, 0.2) is 36.5 Å². The average Bonchev–Trinajstić information content (AvgIpc) is 3.31. The smallest absolute Gasteiger partial charge is 0.220 e. The van der Waals surface area contributed by atoms with Crippen molar-refractivity contribution in [3.8, 4) is 0 Å². The molecule has 0 aromatic carbocycles. The zero-order chi connectivity index (χ0) is 47.0. The van der Waals surface area contributed by atoms with Gasteiger partial charge in [-0.25, -0.2) is 0 Å². The Hall–Kier alpha value is -1.39. The summed E-state index contributed by atoms with van der Waals surface area (Å²) in [5, 5.41) is 23.2. The zero-order valence-corrected chi connectivity index (χ0v) is 44.3. The maximum Gasteiger partial charge on any atom is 0.220 e. The van der Waals surface area contributed by atoms with Crippen LogP contribution in [0.5, 0.6) is 0 Å². The van der Waals surface area contributed by atoms with Crippen LogP contribution >= 0.6 is 0 Å². The van der Waals surface area contributed by atoms with Crippen LogP contribution in [-0.4, -0.2) is 34.9 Å². The number of hydrogen-bond donors (Lipinski definition) is 3. The normalized spacial score (nSPS) is 13.0. The number of rotatable bonds is 55. The molecule has 0 aliphatic heterocycles. The molecule has 0 aliphatic rings. The van der Waals surface area contributed by atoms with Gasteiger partial charge in [-0.1, -0.05) is 307 Å². The molecular weight excluding hydrogens is 795 g/mol. The molecule has 0 saturated heterocycles. The minimum Gasteiger partial charge on any atom is -0.394 e. The van der Waals surface area contributed by atoms with Gasteiger partial charge in [-0.2, -0.15) is 0 Å². The monoisotopic (exact) mass is 912 g/mol. The highest BCUT2D eigenvalue weighted by Crippen LogP contribution is 2.18. The van der Waals surface area contributed by atoms with Gasteiger partial charge >= 0.3 is 0 Å². The van der Waals surface area contributed by atoms with Crippen molar-refractivity contribution in [2.24, 2.45) is 0 Å². The summed E-state index contributed by atoms with van der Waals surface area (Å²) in [7, 11) is 0. The number of nitrogens with one attached hydrogen (secondary N) is 1. The summed E-state index contributed by atoms with van der Waals surface area (Å²) in [5.74, 6) is -0.0584. The van der Waals surface area contributed by atoms with Crippen LogP contribution < -0.4 is 5.32 Å². The molecular formula is C61H117NO3. The highest BCUT2D eigenvalue weighted by Gasteiger charge is 2.18. The van der Waals surface area contributed by atoms with Crippen molar-refractivity contribution >= 4 is 5.91 Å². The van der Waals surface area contributed by atoms with Crippen LogP contribution in [-0.2, 0) is 4.79 Å². The van der Waals surface area contributed by atoms with E-state index < -0.39 is 12.1 Å². The lowest BCUT2D eigenvalue weighted by Crippen LogP contribution is -2.45. The molecule has 0 heterocycles. The third kappa shape index (κ3) is 53.4. The van der Waals surface area contributed by atoms with Gasteiger partial charge in [0.25, 0.3) is 0 Å². The first-order valence-electron chi connectivity index (χ1n) is 29.7. The van der Waals surface area contributed by atoms with E-state index in [-0.39, 0.29) is 12.5 Å². The Bertz CT molecular complexity index is 989. The average molecular weight is 913 g/mol. The second kappa shape index (κ2) is 56.9. The van der Waals surface area contributed by atoms with E-state index in [0.29, 0.717) is 6.42 Å². The van der Waals surface area contributed by atoms with Crippen molar-refractivity contribution in [2.75, 3.05) is 6.61 Å². The molecule has 2 atom stereocenters. The van der Waals surface area contributed by atoms with Crippen LogP contribution in [0, 0.1) is 0 Å². The molecule has 3 N–H and O–H groups in total. The molecule has 0 spiro atoms. The molecule has 0 fully saturated rings. The quantitative estimate of drug-likeness (QED) is 0.0421. The van der Waals surface area contributed by atoms with Gasteiger partial charge in [-0.3, -0.25) is 4.79 Å². The van der Waals surface area contributed by atoms with Crippen LogP contribution in [0.3, 0.4) is 0 Å². The molecule has 0 saturated carbocycles. The number of amides is 1. The number of unbranched alkanes of at least 4 members (excludes halogenated alkanes) is 44.